The number of nitrogens with zero attached hydrogens (tertiary/aromatic N) is 1. The molecule has 0 fully saturated rings. The number of nitro groups is 1. The molecule has 0 radical (unpaired) electrons. The van der Waals surface area contributed by atoms with Gasteiger partial charge in [-0.05, 0) is 42.2 Å². The number of anilines is 1. The van der Waals surface area contributed by atoms with Crippen molar-refractivity contribution in [1.82, 2.24) is 0 Å². The fraction of sp³-hybridized carbons (Fsp3) is 0.429. The first-order valence-corrected chi connectivity index (χ1v) is 10.9. The number of carbonyl (C=O) groups excluding carboxylic acids is 2. The van der Waals surface area contributed by atoms with Gasteiger partial charge in [0.2, 0.25) is 0 Å². The molecule has 1 aromatic carbocycles. The first-order chi connectivity index (χ1) is 14.0. The molecule has 1 heterocycles. The number of amides is 2. The maximum atomic E-state index is 12.8. The number of carbonyl (C=O) groups is 2. The number of nitrogens with two attached hydrogens (primary N) is 1. The normalized spacial score (nSPS) is 16.1. The summed E-state index contributed by atoms with van der Waals surface area (Å²) in [5, 5.41) is 14.0. The number of nitrogens with one attached hydrogen (secondary N) is 1. The topological polar surface area (TPSA) is 115 Å². The summed E-state index contributed by atoms with van der Waals surface area (Å²) in [5.74, 6) is -0.630. The van der Waals surface area contributed by atoms with E-state index >= 15 is 0 Å². The number of halogens is 1. The SMILES string of the molecule is CCC(C)(C)C1CCc2c(sc(NC(=O)c3ccc([N+](=O)[O-])cc3Cl)c2C(N)=O)C1. The smallest absolute Gasteiger partial charge is 0.270 e. The molecule has 0 saturated carbocycles. The average molecular weight is 450 g/mol. The van der Waals surface area contributed by atoms with Gasteiger partial charge in [-0.3, -0.25) is 19.7 Å². The average Bonchev–Trinajstić information content (AvgIpc) is 3.04. The van der Waals surface area contributed by atoms with Crippen molar-refractivity contribution in [3.05, 3.63) is 54.9 Å². The second-order valence-electron chi connectivity index (χ2n) is 8.23. The van der Waals surface area contributed by atoms with Crippen LogP contribution in [0.5, 0.6) is 0 Å². The lowest BCUT2D eigenvalue weighted by atomic mass is 9.69. The highest BCUT2D eigenvalue weighted by Gasteiger charge is 2.35. The number of rotatable bonds is 6. The Morgan fingerprint density at radius 1 is 1.40 bits per heavy atom. The Balaban J connectivity index is 1.91. The van der Waals surface area contributed by atoms with Crippen LogP contribution in [0.3, 0.4) is 0 Å². The zero-order valence-corrected chi connectivity index (χ0v) is 18.7. The lowest BCUT2D eigenvalue weighted by Gasteiger charge is -2.36. The molecule has 1 aromatic heterocycles. The molecule has 1 atom stereocenters. The summed E-state index contributed by atoms with van der Waals surface area (Å²) < 4.78 is 0. The van der Waals surface area contributed by atoms with Crippen molar-refractivity contribution in [2.75, 3.05) is 5.32 Å². The van der Waals surface area contributed by atoms with Crippen molar-refractivity contribution < 1.29 is 14.5 Å². The summed E-state index contributed by atoms with van der Waals surface area (Å²) >= 11 is 7.44. The van der Waals surface area contributed by atoms with Gasteiger partial charge < -0.3 is 11.1 Å². The van der Waals surface area contributed by atoms with Crippen molar-refractivity contribution in [2.45, 2.75) is 46.5 Å². The van der Waals surface area contributed by atoms with E-state index < -0.39 is 16.7 Å². The molecule has 0 bridgehead atoms. The highest BCUT2D eigenvalue weighted by atomic mass is 35.5. The Kier molecular flexibility index (Phi) is 6.19. The number of fused-ring (bicyclic) bond motifs is 1. The number of thiophene rings is 1. The van der Waals surface area contributed by atoms with Crippen molar-refractivity contribution in [3.63, 3.8) is 0 Å². The van der Waals surface area contributed by atoms with Crippen LogP contribution in [-0.4, -0.2) is 16.7 Å². The number of primary amides is 1. The quantitative estimate of drug-likeness (QED) is 0.465. The molecule has 1 unspecified atom stereocenters. The molecule has 2 amide bonds. The monoisotopic (exact) mass is 449 g/mol. The van der Waals surface area contributed by atoms with Gasteiger partial charge in [0.15, 0.2) is 0 Å². The molecular weight excluding hydrogens is 426 g/mol. The molecule has 1 aliphatic rings. The minimum absolute atomic E-state index is 0.0339. The lowest BCUT2D eigenvalue weighted by Crippen LogP contribution is -2.29. The van der Waals surface area contributed by atoms with Crippen molar-refractivity contribution in [2.24, 2.45) is 17.1 Å². The maximum absolute atomic E-state index is 12.8. The van der Waals surface area contributed by atoms with E-state index in [0.717, 1.165) is 42.2 Å². The Morgan fingerprint density at radius 3 is 2.67 bits per heavy atom. The largest absolute Gasteiger partial charge is 0.365 e. The number of hydrogen-bond donors (Lipinski definition) is 2. The van der Waals surface area contributed by atoms with Crippen molar-refractivity contribution in [3.8, 4) is 0 Å². The van der Waals surface area contributed by atoms with Gasteiger partial charge in [-0.2, -0.15) is 0 Å². The minimum Gasteiger partial charge on any atom is -0.365 e. The van der Waals surface area contributed by atoms with Crippen molar-refractivity contribution in [1.29, 1.82) is 0 Å². The van der Waals surface area contributed by atoms with Gasteiger partial charge in [0.25, 0.3) is 17.5 Å². The van der Waals surface area contributed by atoms with Gasteiger partial charge in [0.1, 0.15) is 5.00 Å². The first-order valence-electron chi connectivity index (χ1n) is 9.74. The molecule has 3 rings (SSSR count). The molecule has 0 aliphatic heterocycles. The van der Waals surface area contributed by atoms with E-state index in [1.165, 1.54) is 23.5 Å². The van der Waals surface area contributed by atoms with Crippen LogP contribution in [0.1, 0.15) is 64.8 Å². The third-order valence-corrected chi connectivity index (χ3v) is 7.65. The van der Waals surface area contributed by atoms with Crippen LogP contribution < -0.4 is 11.1 Å². The predicted molar refractivity (Wildman–Crippen MR) is 118 cm³/mol. The third-order valence-electron chi connectivity index (χ3n) is 6.16. The highest BCUT2D eigenvalue weighted by molar-refractivity contribution is 7.17. The van der Waals surface area contributed by atoms with Gasteiger partial charge in [0, 0.05) is 17.0 Å². The van der Waals surface area contributed by atoms with E-state index in [9.17, 15) is 19.7 Å². The maximum Gasteiger partial charge on any atom is 0.270 e. The van der Waals surface area contributed by atoms with Crippen LogP contribution in [-0.2, 0) is 12.8 Å². The highest BCUT2D eigenvalue weighted by Crippen LogP contribution is 2.45. The molecular formula is C21H24ClN3O4S. The first kappa shape index (κ1) is 22.2. The molecule has 0 spiro atoms. The Hall–Kier alpha value is -2.45. The third kappa shape index (κ3) is 4.20. The molecule has 7 nitrogen and oxygen atoms in total. The Morgan fingerprint density at radius 2 is 2.10 bits per heavy atom. The zero-order chi connectivity index (χ0) is 22.2. The fourth-order valence-corrected chi connectivity index (χ4v) is 5.45. The summed E-state index contributed by atoms with van der Waals surface area (Å²) in [7, 11) is 0. The standard InChI is InChI=1S/C21H24ClN3O4S/c1-4-21(2,3)11-5-7-14-16(9-11)30-20(17(14)18(23)26)24-19(27)13-8-6-12(25(28)29)10-15(13)22/h6,8,10-11H,4-5,7,9H2,1-3H3,(H2,23,26)(H,24,27). The van der Waals surface area contributed by atoms with Crippen LogP contribution in [0.15, 0.2) is 18.2 Å². The van der Waals surface area contributed by atoms with Crippen LogP contribution in [0.25, 0.3) is 0 Å². The fourth-order valence-electron chi connectivity index (χ4n) is 3.86. The molecule has 2 aromatic rings. The number of benzene rings is 1. The minimum atomic E-state index is -0.583. The lowest BCUT2D eigenvalue weighted by molar-refractivity contribution is -0.384. The Bertz CT molecular complexity index is 1030. The van der Waals surface area contributed by atoms with E-state index in [4.69, 9.17) is 17.3 Å². The van der Waals surface area contributed by atoms with E-state index in [1.807, 2.05) is 0 Å². The van der Waals surface area contributed by atoms with E-state index in [1.54, 1.807) is 0 Å². The second-order valence-corrected chi connectivity index (χ2v) is 9.74. The zero-order valence-electron chi connectivity index (χ0n) is 17.1. The molecule has 3 N–H and O–H groups in total. The summed E-state index contributed by atoms with van der Waals surface area (Å²) in [4.78, 5) is 36.3. The summed E-state index contributed by atoms with van der Waals surface area (Å²) in [6, 6.07) is 3.64. The number of hydrogen-bond acceptors (Lipinski definition) is 5. The van der Waals surface area contributed by atoms with Crippen molar-refractivity contribution >= 4 is 45.4 Å². The van der Waals surface area contributed by atoms with Gasteiger partial charge in [0.05, 0.1) is 21.1 Å². The number of non-ortho nitro benzene ring substituents is 1. The molecule has 0 saturated heterocycles. The second kappa shape index (κ2) is 8.35. The van der Waals surface area contributed by atoms with Gasteiger partial charge in [-0.25, -0.2) is 0 Å². The van der Waals surface area contributed by atoms with Crippen LogP contribution in [0.4, 0.5) is 10.7 Å². The van der Waals surface area contributed by atoms with Gasteiger partial charge >= 0.3 is 0 Å². The van der Waals surface area contributed by atoms with E-state index in [-0.39, 0.29) is 21.7 Å². The summed E-state index contributed by atoms with van der Waals surface area (Å²) in [5.41, 5.74) is 6.99. The predicted octanol–water partition coefficient (Wildman–Crippen LogP) is 5.20. The summed E-state index contributed by atoms with van der Waals surface area (Å²) in [6.07, 6.45) is 3.61. The molecule has 30 heavy (non-hydrogen) atoms. The van der Waals surface area contributed by atoms with Gasteiger partial charge in [-0.1, -0.05) is 38.8 Å². The van der Waals surface area contributed by atoms with Crippen LogP contribution in [0, 0.1) is 21.4 Å². The van der Waals surface area contributed by atoms with Crippen LogP contribution in [0.2, 0.25) is 5.02 Å². The Labute approximate surface area is 183 Å². The molecule has 9 heteroatoms. The van der Waals surface area contributed by atoms with Crippen LogP contribution >= 0.6 is 22.9 Å². The molecule has 1 aliphatic carbocycles. The van der Waals surface area contributed by atoms with Gasteiger partial charge in [-0.15, -0.1) is 11.3 Å². The number of nitro benzene ring substituents is 1. The summed E-state index contributed by atoms with van der Waals surface area (Å²) in [6.45, 7) is 6.69. The molecule has 160 valence electrons. The van der Waals surface area contributed by atoms with E-state index in [0.29, 0.717) is 16.5 Å². The van der Waals surface area contributed by atoms with E-state index in [2.05, 4.69) is 26.1 Å².